The maximum Gasteiger partial charge on any atom is 0.472 e. The highest BCUT2D eigenvalue weighted by Crippen LogP contribution is 2.54. The number of fused-ring (bicyclic) bond motifs is 4. The third kappa shape index (κ3) is 5.87. The summed E-state index contributed by atoms with van der Waals surface area (Å²) in [5.41, 5.74) is 9.96. The minimum atomic E-state index is -4.44. The number of ether oxygens (including phenoxy) is 2. The lowest BCUT2D eigenvalue weighted by Crippen LogP contribution is -2.39. The van der Waals surface area contributed by atoms with E-state index >= 15 is 0 Å². The van der Waals surface area contributed by atoms with Crippen molar-refractivity contribution < 1.29 is 56.7 Å². The smallest absolute Gasteiger partial charge is 0.386 e. The largest absolute Gasteiger partial charge is 0.472 e. The van der Waals surface area contributed by atoms with Crippen molar-refractivity contribution in [2.45, 2.75) is 59.4 Å². The molecule has 10 N–H and O–H groups in total. The molecule has 4 aliphatic heterocycles. The minimum Gasteiger partial charge on any atom is -0.386 e. The van der Waals surface area contributed by atoms with E-state index in [4.69, 9.17) is 39.0 Å². The van der Waals surface area contributed by atoms with Crippen molar-refractivity contribution >= 4 is 73.4 Å². The molecule has 0 amide bonds. The molecule has 24 nitrogen and oxygen atoms in total. The first-order chi connectivity index (χ1) is 23.7. The first kappa shape index (κ1) is 34.2. The number of nitrogens with one attached hydrogen (secondary N) is 2. The maximum absolute atomic E-state index is 12.8. The molecule has 4 fully saturated rings. The van der Waals surface area contributed by atoms with Crippen LogP contribution in [-0.4, -0.2) is 120 Å². The predicted octanol–water partition coefficient (Wildman–Crippen LogP) is -1.85. The summed E-state index contributed by atoms with van der Waals surface area (Å²) in [5.74, 6) is -0.000213. The Morgan fingerprint density at radius 2 is 1.14 bits per heavy atom. The van der Waals surface area contributed by atoms with Crippen molar-refractivity contribution in [3.8, 4) is 0 Å². The number of H-pyrrole nitrogens is 2. The Morgan fingerprint density at radius 3 is 1.54 bits per heavy atom. The van der Waals surface area contributed by atoms with E-state index in [1.54, 1.807) is 0 Å². The van der Waals surface area contributed by atoms with Crippen LogP contribution < -0.4 is 22.6 Å². The van der Waals surface area contributed by atoms with Gasteiger partial charge in [0.15, 0.2) is 45.1 Å². The van der Waals surface area contributed by atoms with E-state index in [0.29, 0.717) is 0 Å². The van der Waals surface area contributed by atoms with Crippen LogP contribution in [0.15, 0.2) is 19.9 Å². The summed E-state index contributed by atoms with van der Waals surface area (Å²) in [6.45, 7) is -0.699. The van der Waals surface area contributed by atoms with Gasteiger partial charge in [-0.25, -0.2) is 19.1 Å². The van der Waals surface area contributed by atoms with Crippen LogP contribution in [0.2, 0.25) is 0 Å². The summed E-state index contributed by atoms with van der Waals surface area (Å²) >= 11 is 2.22. The molecule has 0 radical (unpaired) electrons. The number of hydrogen-bond acceptors (Lipinski definition) is 20. The molecule has 10 atom stereocenters. The minimum absolute atomic E-state index is 0.0330. The van der Waals surface area contributed by atoms with Crippen LogP contribution in [0.1, 0.15) is 12.5 Å². The molecule has 5 unspecified atom stereocenters. The number of anilines is 2. The van der Waals surface area contributed by atoms with Gasteiger partial charge in [0.05, 0.1) is 13.2 Å². The van der Waals surface area contributed by atoms with Gasteiger partial charge in [-0.3, -0.25) is 46.8 Å². The summed E-state index contributed by atoms with van der Waals surface area (Å²) in [6, 6.07) is 0. The fraction of sp³-hybridized carbons (Fsp3) is 0.545. The number of nitrogen functional groups attached to an aromatic ring is 2. The molecule has 0 bridgehead atoms. The summed E-state index contributed by atoms with van der Waals surface area (Å²) in [6.07, 6.45) is -9.94. The van der Waals surface area contributed by atoms with Gasteiger partial charge in [0.2, 0.25) is 11.9 Å². The Labute approximate surface area is 285 Å². The van der Waals surface area contributed by atoms with E-state index in [0.717, 1.165) is 23.5 Å². The Kier molecular flexibility index (Phi) is 8.43. The van der Waals surface area contributed by atoms with Crippen molar-refractivity contribution in [2.75, 3.05) is 36.2 Å². The summed E-state index contributed by atoms with van der Waals surface area (Å²) in [5, 5.41) is 22.6. The molecule has 0 aromatic carbocycles. The Hall–Kier alpha value is -2.94. The molecule has 0 saturated carbocycles. The summed E-state index contributed by atoms with van der Waals surface area (Å²) in [7, 11) is -8.87. The molecule has 4 aromatic heterocycles. The van der Waals surface area contributed by atoms with Gasteiger partial charge in [-0.1, -0.05) is 23.5 Å². The van der Waals surface area contributed by atoms with Crippen LogP contribution in [0.4, 0.5) is 11.9 Å². The van der Waals surface area contributed by atoms with Crippen molar-refractivity contribution in [1.82, 2.24) is 39.0 Å². The van der Waals surface area contributed by atoms with Crippen LogP contribution in [0.5, 0.6) is 0 Å². The van der Waals surface area contributed by atoms with Gasteiger partial charge in [-0.2, -0.15) is 9.97 Å². The second-order valence-electron chi connectivity index (χ2n) is 11.3. The van der Waals surface area contributed by atoms with Crippen molar-refractivity contribution in [1.29, 1.82) is 0 Å². The van der Waals surface area contributed by atoms with Gasteiger partial charge in [0.25, 0.3) is 11.1 Å². The van der Waals surface area contributed by atoms with Crippen LogP contribution in [-0.2, 0) is 36.7 Å². The van der Waals surface area contributed by atoms with E-state index in [-0.39, 0.29) is 69.3 Å². The SMILES string of the molecule is Nc1nc2c(nc(SCCSc3nc4c(=O)[nH]c(N)nc4n3[C@@H]3OC4COP(=O)(O)O[C@H]4[C@@H]3O)n2[C@@H]2OC3COP(=O)(O)O[C@H]3C2O)c(=O)[nH]1. The normalized spacial score (nSPS) is 35.5. The van der Waals surface area contributed by atoms with Crippen molar-refractivity contribution in [3.63, 3.8) is 0 Å². The van der Waals surface area contributed by atoms with Gasteiger partial charge in [0, 0.05) is 11.5 Å². The molecule has 4 aromatic rings. The Morgan fingerprint density at radius 1 is 0.740 bits per heavy atom. The second kappa shape index (κ2) is 12.3. The summed E-state index contributed by atoms with van der Waals surface area (Å²) < 4.78 is 58.4. The molecular weight excluding hydrogens is 754 g/mol. The van der Waals surface area contributed by atoms with E-state index < -0.39 is 75.8 Å². The fourth-order valence-electron chi connectivity index (χ4n) is 5.99. The molecule has 28 heteroatoms. The maximum atomic E-state index is 12.8. The molecule has 270 valence electrons. The van der Waals surface area contributed by atoms with Gasteiger partial charge in [-0.05, 0) is 0 Å². The molecule has 4 saturated heterocycles. The van der Waals surface area contributed by atoms with E-state index in [1.165, 1.54) is 9.13 Å². The molecule has 8 rings (SSSR count). The third-order valence-electron chi connectivity index (χ3n) is 8.06. The van der Waals surface area contributed by atoms with E-state index in [2.05, 4.69) is 29.9 Å². The number of rotatable bonds is 7. The number of aliphatic hydroxyl groups is 2. The number of hydrogen-bond donors (Lipinski definition) is 8. The number of thioether (sulfide) groups is 2. The highest BCUT2D eigenvalue weighted by molar-refractivity contribution is 8.02. The van der Waals surface area contributed by atoms with Gasteiger partial charge >= 0.3 is 15.6 Å². The van der Waals surface area contributed by atoms with Crippen molar-refractivity contribution in [2.24, 2.45) is 0 Å². The molecule has 0 spiro atoms. The zero-order chi connectivity index (χ0) is 35.3. The van der Waals surface area contributed by atoms with Crippen LogP contribution in [0, 0.1) is 0 Å². The highest BCUT2D eigenvalue weighted by atomic mass is 32.2. The zero-order valence-electron chi connectivity index (χ0n) is 24.9. The van der Waals surface area contributed by atoms with Crippen LogP contribution in [0.25, 0.3) is 22.3 Å². The monoisotopic (exact) mass is 780 g/mol. The Bertz CT molecular complexity index is 2080. The van der Waals surface area contributed by atoms with E-state index in [9.17, 15) is 38.7 Å². The number of imidazole rings is 2. The average Bonchev–Trinajstić information content (AvgIpc) is 3.76. The van der Waals surface area contributed by atoms with Crippen molar-refractivity contribution in [3.05, 3.63) is 20.7 Å². The number of aromatic nitrogens is 8. The molecular formula is C22H26N10O14P2S2. The predicted molar refractivity (Wildman–Crippen MR) is 168 cm³/mol. The van der Waals surface area contributed by atoms with Gasteiger partial charge in [0.1, 0.15) is 36.6 Å². The number of phosphoric ester groups is 2. The lowest BCUT2D eigenvalue weighted by atomic mass is 10.1. The fourth-order valence-corrected chi connectivity index (χ4v) is 9.92. The number of aromatic amines is 2. The van der Waals surface area contributed by atoms with Gasteiger partial charge in [-0.15, -0.1) is 0 Å². The first-order valence-electron chi connectivity index (χ1n) is 14.5. The average molecular weight is 781 g/mol. The first-order valence-corrected chi connectivity index (χ1v) is 19.5. The van der Waals surface area contributed by atoms with Gasteiger partial charge < -0.3 is 40.9 Å². The number of nitrogens with zero attached hydrogens (tertiary/aromatic N) is 6. The number of aliphatic hydroxyl groups excluding tert-OH is 2. The standard InChI is InChI=1S/C22H26N10O14P2S2/c23-19-27-13-7(15(35)29-19)25-21(31(13)17-9(33)11-5(43-17)3-41-47(37,38)45-11)49-1-2-50-22-26-8-14(28-20(24)30-16(8)36)32(22)18-10(34)12-6(44-18)4-42-48(39,40)46-12/h5-6,9-12,17-18,33-34H,1-4H2,(H,37,38)(H,39,40)(H3,23,27,29,35)(H3,24,28,30,36)/t5?,6?,9-,10?,11+,12+,17+,18+/m0/s1. The number of nitrogens with two attached hydrogens (primary N) is 2. The molecule has 0 aliphatic carbocycles. The Balaban J connectivity index is 1.08. The molecule has 4 aliphatic rings. The second-order valence-corrected chi connectivity index (χ2v) is 16.2. The van der Waals surface area contributed by atoms with Crippen LogP contribution in [0.3, 0.4) is 0 Å². The molecule has 50 heavy (non-hydrogen) atoms. The quantitative estimate of drug-likeness (QED) is 0.0579. The zero-order valence-corrected chi connectivity index (χ0v) is 28.3. The lowest BCUT2D eigenvalue weighted by Gasteiger charge is -2.27. The third-order valence-corrected chi connectivity index (χ3v) is 12.2. The molecule has 8 heterocycles. The summed E-state index contributed by atoms with van der Waals surface area (Å²) in [4.78, 5) is 67.0. The lowest BCUT2D eigenvalue weighted by molar-refractivity contribution is -0.0685. The number of phosphoric acid groups is 2. The van der Waals surface area contributed by atoms with E-state index in [1.807, 2.05) is 0 Å². The highest BCUT2D eigenvalue weighted by Gasteiger charge is 2.54. The topological polar surface area (TPSA) is 350 Å². The van der Waals surface area contributed by atoms with Crippen LogP contribution >= 0.6 is 39.2 Å².